The van der Waals surface area contributed by atoms with Crippen LogP contribution in [0.5, 0.6) is 5.75 Å². The molecule has 4 rings (SSSR count). The standard InChI is InChI=1S/C22H19N3O7S2.CH4/c1-12-9-14-11-18(33(27,28)29)20(21(26)19(14)17(10-12)23-2)25-24-16-8-7-13-5-3-4-6-15(13)22(16)34(30,31)32;/h3-11,23,26H,1-2H3,(H,27,28,29)(H,30,31,32);1H4. The molecule has 0 radical (unpaired) electrons. The molecule has 0 saturated heterocycles. The molecule has 12 heteroatoms. The van der Waals surface area contributed by atoms with Crippen LogP contribution in [0, 0.1) is 6.92 Å². The third-order valence-electron chi connectivity index (χ3n) is 5.22. The number of nitrogens with one attached hydrogen (secondary N) is 1. The van der Waals surface area contributed by atoms with Crippen molar-refractivity contribution in [3.8, 4) is 5.75 Å². The molecule has 0 heterocycles. The molecule has 0 amide bonds. The highest BCUT2D eigenvalue weighted by Crippen LogP contribution is 2.45. The van der Waals surface area contributed by atoms with Crippen molar-refractivity contribution in [2.75, 3.05) is 12.4 Å². The molecule has 0 aliphatic heterocycles. The lowest BCUT2D eigenvalue weighted by atomic mass is 10.0. The summed E-state index contributed by atoms with van der Waals surface area (Å²) >= 11 is 0. The van der Waals surface area contributed by atoms with Crippen molar-refractivity contribution in [1.82, 2.24) is 0 Å². The lowest BCUT2D eigenvalue weighted by molar-refractivity contribution is 0.472. The fraction of sp³-hybridized carbons (Fsp3) is 0.130. The molecular formula is C23H23N3O7S2. The molecule has 4 N–H and O–H groups in total. The average Bonchev–Trinajstić information content (AvgIpc) is 2.75. The molecule has 0 spiro atoms. The van der Waals surface area contributed by atoms with Crippen LogP contribution in [0.15, 0.2) is 74.6 Å². The van der Waals surface area contributed by atoms with Crippen molar-refractivity contribution >= 4 is 58.8 Å². The number of fused-ring (bicyclic) bond motifs is 2. The van der Waals surface area contributed by atoms with E-state index in [1.54, 1.807) is 50.4 Å². The molecule has 184 valence electrons. The Labute approximate surface area is 202 Å². The van der Waals surface area contributed by atoms with Crippen LogP contribution < -0.4 is 5.32 Å². The normalized spacial score (nSPS) is 12.2. The number of aryl methyl sites for hydroxylation is 1. The predicted molar refractivity (Wildman–Crippen MR) is 134 cm³/mol. The molecular weight excluding hydrogens is 494 g/mol. The van der Waals surface area contributed by atoms with E-state index in [9.17, 15) is 31.0 Å². The summed E-state index contributed by atoms with van der Waals surface area (Å²) in [5, 5.41) is 22.7. The number of azo groups is 1. The molecule has 0 bridgehead atoms. The van der Waals surface area contributed by atoms with Crippen molar-refractivity contribution in [1.29, 1.82) is 0 Å². The maximum atomic E-state index is 12.1. The number of nitrogens with zero attached hydrogens (tertiary/aromatic N) is 2. The quantitative estimate of drug-likeness (QED) is 0.196. The summed E-state index contributed by atoms with van der Waals surface area (Å²) in [6, 6.07) is 13.7. The molecule has 10 nitrogen and oxygen atoms in total. The maximum Gasteiger partial charge on any atom is 0.297 e. The van der Waals surface area contributed by atoms with Crippen molar-refractivity contribution in [3.63, 3.8) is 0 Å². The fourth-order valence-corrected chi connectivity index (χ4v) is 5.31. The van der Waals surface area contributed by atoms with Gasteiger partial charge in [0.1, 0.15) is 21.2 Å². The van der Waals surface area contributed by atoms with Crippen molar-refractivity contribution < 1.29 is 31.0 Å². The fourth-order valence-electron chi connectivity index (χ4n) is 3.81. The van der Waals surface area contributed by atoms with E-state index in [0.29, 0.717) is 16.5 Å². The number of anilines is 1. The van der Waals surface area contributed by atoms with E-state index in [1.807, 2.05) is 0 Å². The molecule has 0 aliphatic carbocycles. The van der Waals surface area contributed by atoms with Crippen LogP contribution in [0.2, 0.25) is 0 Å². The lowest BCUT2D eigenvalue weighted by Gasteiger charge is -2.13. The van der Waals surface area contributed by atoms with Crippen LogP contribution in [0.4, 0.5) is 17.1 Å². The van der Waals surface area contributed by atoms with Gasteiger partial charge in [0.2, 0.25) is 0 Å². The summed E-state index contributed by atoms with van der Waals surface area (Å²) in [5.74, 6) is -0.590. The first-order valence-electron chi connectivity index (χ1n) is 9.78. The van der Waals surface area contributed by atoms with E-state index in [4.69, 9.17) is 0 Å². The second-order valence-electron chi connectivity index (χ2n) is 7.52. The van der Waals surface area contributed by atoms with Gasteiger partial charge in [-0.2, -0.15) is 16.8 Å². The van der Waals surface area contributed by atoms with Crippen LogP contribution in [0.25, 0.3) is 21.5 Å². The zero-order chi connectivity index (χ0) is 24.8. The minimum Gasteiger partial charge on any atom is -0.505 e. The van der Waals surface area contributed by atoms with Crippen molar-refractivity contribution in [3.05, 3.63) is 60.2 Å². The van der Waals surface area contributed by atoms with Crippen LogP contribution >= 0.6 is 0 Å². The molecule has 4 aromatic carbocycles. The van der Waals surface area contributed by atoms with Gasteiger partial charge in [-0.25, -0.2) is 0 Å². The third kappa shape index (κ3) is 4.82. The number of phenols is 1. The lowest BCUT2D eigenvalue weighted by Crippen LogP contribution is -2.01. The van der Waals surface area contributed by atoms with Gasteiger partial charge in [0.05, 0.1) is 0 Å². The topological polar surface area (TPSA) is 166 Å². The van der Waals surface area contributed by atoms with Crippen molar-refractivity contribution in [2.24, 2.45) is 10.2 Å². The second kappa shape index (κ2) is 9.23. The maximum absolute atomic E-state index is 12.1. The highest BCUT2D eigenvalue weighted by atomic mass is 32.2. The van der Waals surface area contributed by atoms with Gasteiger partial charge in [-0.15, -0.1) is 10.2 Å². The first-order valence-corrected chi connectivity index (χ1v) is 12.7. The Kier molecular flexibility index (Phi) is 6.86. The minimum absolute atomic E-state index is 0. The van der Waals surface area contributed by atoms with E-state index < -0.39 is 41.5 Å². The largest absolute Gasteiger partial charge is 0.505 e. The van der Waals surface area contributed by atoms with E-state index in [-0.39, 0.29) is 23.9 Å². The van der Waals surface area contributed by atoms with E-state index in [2.05, 4.69) is 15.5 Å². The summed E-state index contributed by atoms with van der Waals surface area (Å²) in [6.07, 6.45) is 0. The summed E-state index contributed by atoms with van der Waals surface area (Å²) in [7, 11) is -8.01. The van der Waals surface area contributed by atoms with Gasteiger partial charge < -0.3 is 10.4 Å². The predicted octanol–water partition coefficient (Wildman–Crippen LogP) is 5.59. The zero-order valence-corrected chi connectivity index (χ0v) is 19.5. The Morgan fingerprint density at radius 2 is 1.54 bits per heavy atom. The Morgan fingerprint density at radius 1 is 0.857 bits per heavy atom. The molecule has 4 aromatic rings. The monoisotopic (exact) mass is 517 g/mol. The zero-order valence-electron chi connectivity index (χ0n) is 17.9. The van der Waals surface area contributed by atoms with Gasteiger partial charge in [-0.1, -0.05) is 43.8 Å². The minimum atomic E-state index is -4.86. The van der Waals surface area contributed by atoms with Gasteiger partial charge in [0, 0.05) is 23.5 Å². The smallest absolute Gasteiger partial charge is 0.297 e. The number of phenolic OH excluding ortho intramolecular Hbond substituents is 1. The molecule has 0 aliphatic rings. The van der Waals surface area contributed by atoms with Gasteiger partial charge in [-0.3, -0.25) is 9.11 Å². The number of aromatic hydroxyl groups is 1. The number of hydrogen-bond donors (Lipinski definition) is 4. The molecule has 0 aromatic heterocycles. The molecule has 0 fully saturated rings. The van der Waals surface area contributed by atoms with Crippen LogP contribution in [0.3, 0.4) is 0 Å². The number of rotatable bonds is 5. The van der Waals surface area contributed by atoms with Gasteiger partial charge >= 0.3 is 0 Å². The highest BCUT2D eigenvalue weighted by Gasteiger charge is 2.24. The first-order chi connectivity index (χ1) is 15.9. The number of hydrogen-bond acceptors (Lipinski definition) is 8. The molecule has 0 atom stereocenters. The van der Waals surface area contributed by atoms with Crippen LogP contribution in [0.1, 0.15) is 13.0 Å². The van der Waals surface area contributed by atoms with E-state index >= 15 is 0 Å². The summed E-state index contributed by atoms with van der Waals surface area (Å²) in [4.78, 5) is -1.25. The number of benzene rings is 4. The average molecular weight is 518 g/mol. The van der Waals surface area contributed by atoms with Crippen LogP contribution in [-0.4, -0.2) is 38.1 Å². The second-order valence-corrected chi connectivity index (χ2v) is 10.3. The summed E-state index contributed by atoms with van der Waals surface area (Å²) in [6.45, 7) is 1.77. The van der Waals surface area contributed by atoms with Crippen LogP contribution in [-0.2, 0) is 20.2 Å². The van der Waals surface area contributed by atoms with Crippen molar-refractivity contribution in [2.45, 2.75) is 24.1 Å². The van der Waals surface area contributed by atoms with E-state index in [1.165, 1.54) is 12.1 Å². The summed E-state index contributed by atoms with van der Waals surface area (Å²) < 4.78 is 68.0. The summed E-state index contributed by atoms with van der Waals surface area (Å²) in [5.41, 5.74) is 0.348. The third-order valence-corrected chi connectivity index (χ3v) is 7.03. The first kappa shape index (κ1) is 26.0. The molecule has 0 saturated carbocycles. The molecule has 35 heavy (non-hydrogen) atoms. The Bertz CT molecular complexity index is 1710. The van der Waals surface area contributed by atoms with Gasteiger partial charge in [0.25, 0.3) is 20.2 Å². The van der Waals surface area contributed by atoms with Gasteiger partial charge in [0.15, 0.2) is 5.75 Å². The Morgan fingerprint density at radius 3 is 2.17 bits per heavy atom. The van der Waals surface area contributed by atoms with Gasteiger partial charge in [-0.05, 0) is 41.5 Å². The SMILES string of the molecule is C.CNc1cc(C)cc2cc(S(=O)(=O)O)c(N=Nc3ccc4ccccc4c3S(=O)(=O)O)c(O)c12. The van der Waals surface area contributed by atoms with E-state index in [0.717, 1.165) is 11.6 Å². The Hall–Kier alpha value is -3.58. The Balaban J connectivity index is 0.00000342. The highest BCUT2D eigenvalue weighted by molar-refractivity contribution is 7.86. The molecule has 0 unspecified atom stereocenters.